The summed E-state index contributed by atoms with van der Waals surface area (Å²) < 4.78 is 10.6. The number of cyclic esters (lactones) is 1. The minimum absolute atomic E-state index is 0.264. The predicted molar refractivity (Wildman–Crippen MR) is 88.3 cm³/mol. The molecule has 0 N–H and O–H groups in total. The van der Waals surface area contributed by atoms with Crippen molar-refractivity contribution in [2.45, 2.75) is 20.8 Å². The molecule has 0 aromatic carbocycles. The fourth-order valence-electron chi connectivity index (χ4n) is 2.24. The van der Waals surface area contributed by atoms with E-state index in [-0.39, 0.29) is 11.4 Å². The van der Waals surface area contributed by atoms with Crippen LogP contribution in [0.1, 0.15) is 25.6 Å². The van der Waals surface area contributed by atoms with Crippen molar-refractivity contribution in [2.24, 2.45) is 10.4 Å². The highest BCUT2D eigenvalue weighted by atomic mass is 32.1. The standard InChI is InChI=1S/C16H20N2O3S/c1-16(2,3)15-17-12(14(19)21-15)10-11-4-5-13(22-11)18-6-8-20-9-7-18/h4-5,10H,6-9H2,1-3H3/b12-10-. The van der Waals surface area contributed by atoms with Crippen molar-refractivity contribution >= 4 is 34.3 Å². The summed E-state index contributed by atoms with van der Waals surface area (Å²) >= 11 is 1.65. The number of aliphatic imine (C=N–C) groups is 1. The summed E-state index contributed by atoms with van der Waals surface area (Å²) in [6.45, 7) is 9.27. The molecule has 0 atom stereocenters. The fraction of sp³-hybridized carbons (Fsp3) is 0.500. The zero-order valence-electron chi connectivity index (χ0n) is 13.1. The van der Waals surface area contributed by atoms with E-state index in [0.29, 0.717) is 11.6 Å². The van der Waals surface area contributed by atoms with Crippen LogP contribution in [-0.2, 0) is 14.3 Å². The van der Waals surface area contributed by atoms with E-state index in [4.69, 9.17) is 9.47 Å². The zero-order chi connectivity index (χ0) is 15.7. The zero-order valence-corrected chi connectivity index (χ0v) is 13.9. The lowest BCUT2D eigenvalue weighted by Crippen LogP contribution is -2.35. The Bertz CT molecular complexity index is 634. The summed E-state index contributed by atoms with van der Waals surface area (Å²) in [5.41, 5.74) is 0.111. The van der Waals surface area contributed by atoms with Gasteiger partial charge in [-0.25, -0.2) is 9.79 Å². The smallest absolute Gasteiger partial charge is 0.363 e. The van der Waals surface area contributed by atoms with Crippen molar-refractivity contribution in [1.82, 2.24) is 0 Å². The molecule has 2 aliphatic rings. The molecule has 22 heavy (non-hydrogen) atoms. The molecule has 1 aromatic heterocycles. The topological polar surface area (TPSA) is 51.1 Å². The number of rotatable bonds is 2. The van der Waals surface area contributed by atoms with Crippen LogP contribution in [0.4, 0.5) is 5.00 Å². The number of carbonyl (C=O) groups is 1. The summed E-state index contributed by atoms with van der Waals surface area (Å²) in [6, 6.07) is 4.09. The lowest BCUT2D eigenvalue weighted by Gasteiger charge is -2.27. The SMILES string of the molecule is CC(C)(C)C1=N/C(=C\c2ccc(N3CCOCC3)s2)C(=O)O1. The Kier molecular flexibility index (Phi) is 4.06. The van der Waals surface area contributed by atoms with E-state index < -0.39 is 0 Å². The number of thiophene rings is 1. The lowest BCUT2D eigenvalue weighted by molar-refractivity contribution is -0.130. The quantitative estimate of drug-likeness (QED) is 0.621. The highest BCUT2D eigenvalue weighted by Crippen LogP contribution is 2.30. The van der Waals surface area contributed by atoms with Gasteiger partial charge in [0, 0.05) is 23.4 Å². The molecule has 1 fully saturated rings. The summed E-state index contributed by atoms with van der Waals surface area (Å²) in [7, 11) is 0. The molecule has 0 saturated carbocycles. The number of ether oxygens (including phenoxy) is 2. The molecular weight excluding hydrogens is 300 g/mol. The van der Waals surface area contributed by atoms with E-state index in [9.17, 15) is 4.79 Å². The molecule has 3 heterocycles. The van der Waals surface area contributed by atoms with Crippen molar-refractivity contribution < 1.29 is 14.3 Å². The van der Waals surface area contributed by atoms with Gasteiger partial charge in [-0.3, -0.25) is 0 Å². The first-order chi connectivity index (χ1) is 10.4. The molecule has 2 aliphatic heterocycles. The van der Waals surface area contributed by atoms with Crippen LogP contribution in [-0.4, -0.2) is 38.2 Å². The van der Waals surface area contributed by atoms with Crippen molar-refractivity contribution in [3.05, 3.63) is 22.7 Å². The fourth-order valence-corrected chi connectivity index (χ4v) is 3.23. The van der Waals surface area contributed by atoms with E-state index in [1.165, 1.54) is 5.00 Å². The minimum atomic E-state index is -0.369. The van der Waals surface area contributed by atoms with E-state index >= 15 is 0 Å². The lowest BCUT2D eigenvalue weighted by atomic mass is 9.97. The molecule has 0 bridgehead atoms. The first-order valence-corrected chi connectivity index (χ1v) is 8.21. The Morgan fingerprint density at radius 1 is 1.27 bits per heavy atom. The van der Waals surface area contributed by atoms with E-state index in [2.05, 4.69) is 16.0 Å². The molecule has 0 radical (unpaired) electrons. The van der Waals surface area contributed by atoms with Gasteiger partial charge in [-0.1, -0.05) is 20.8 Å². The van der Waals surface area contributed by atoms with Gasteiger partial charge in [-0.15, -0.1) is 11.3 Å². The van der Waals surface area contributed by atoms with Crippen molar-refractivity contribution in [3.8, 4) is 0 Å². The van der Waals surface area contributed by atoms with Crippen LogP contribution in [0.15, 0.2) is 22.8 Å². The summed E-state index contributed by atoms with van der Waals surface area (Å²) in [5, 5.41) is 1.20. The number of hydrogen-bond acceptors (Lipinski definition) is 6. The highest BCUT2D eigenvalue weighted by molar-refractivity contribution is 7.16. The molecule has 0 unspecified atom stereocenters. The van der Waals surface area contributed by atoms with Crippen LogP contribution in [0.5, 0.6) is 0 Å². The maximum absolute atomic E-state index is 11.9. The second-order valence-corrected chi connectivity index (χ2v) is 7.46. The number of esters is 1. The van der Waals surface area contributed by atoms with Gasteiger partial charge in [-0.05, 0) is 18.2 Å². The Labute approximate surface area is 134 Å². The maximum atomic E-state index is 11.9. The average Bonchev–Trinajstić information content (AvgIpc) is 3.08. The van der Waals surface area contributed by atoms with Crippen LogP contribution in [0.3, 0.4) is 0 Å². The van der Waals surface area contributed by atoms with Gasteiger partial charge in [0.25, 0.3) is 0 Å². The normalized spacial score (nSPS) is 21.2. The molecule has 1 aromatic rings. The van der Waals surface area contributed by atoms with E-state index in [0.717, 1.165) is 31.2 Å². The Morgan fingerprint density at radius 2 is 2.00 bits per heavy atom. The van der Waals surface area contributed by atoms with Gasteiger partial charge in [-0.2, -0.15) is 0 Å². The number of anilines is 1. The number of hydrogen-bond donors (Lipinski definition) is 0. The molecule has 0 aliphatic carbocycles. The van der Waals surface area contributed by atoms with Crippen LogP contribution in [0.2, 0.25) is 0 Å². The van der Waals surface area contributed by atoms with Gasteiger partial charge in [0.05, 0.1) is 18.2 Å². The Hall–Kier alpha value is -1.66. The summed E-state index contributed by atoms with van der Waals surface area (Å²) in [4.78, 5) is 19.6. The second kappa shape index (κ2) is 5.85. The predicted octanol–water partition coefficient (Wildman–Crippen LogP) is 2.93. The summed E-state index contributed by atoms with van der Waals surface area (Å²) in [6.07, 6.45) is 1.80. The van der Waals surface area contributed by atoms with Gasteiger partial charge >= 0.3 is 5.97 Å². The number of nitrogens with zero attached hydrogens (tertiary/aromatic N) is 2. The van der Waals surface area contributed by atoms with Gasteiger partial charge in [0.15, 0.2) is 5.70 Å². The highest BCUT2D eigenvalue weighted by Gasteiger charge is 2.31. The molecule has 5 nitrogen and oxygen atoms in total. The third kappa shape index (κ3) is 3.23. The number of carbonyl (C=O) groups excluding carboxylic acids is 1. The largest absolute Gasteiger partial charge is 0.406 e. The first kappa shape index (κ1) is 15.2. The molecule has 118 valence electrons. The van der Waals surface area contributed by atoms with Crippen LogP contribution in [0, 0.1) is 5.41 Å². The van der Waals surface area contributed by atoms with E-state index in [1.807, 2.05) is 26.8 Å². The van der Waals surface area contributed by atoms with Gasteiger partial charge in [0.2, 0.25) is 5.90 Å². The molecule has 1 saturated heterocycles. The first-order valence-electron chi connectivity index (χ1n) is 7.39. The molecule has 6 heteroatoms. The van der Waals surface area contributed by atoms with Crippen LogP contribution < -0.4 is 4.90 Å². The molecule has 0 amide bonds. The monoisotopic (exact) mass is 320 g/mol. The van der Waals surface area contributed by atoms with Crippen LogP contribution in [0.25, 0.3) is 6.08 Å². The Morgan fingerprint density at radius 3 is 2.64 bits per heavy atom. The minimum Gasteiger partial charge on any atom is -0.406 e. The van der Waals surface area contributed by atoms with Gasteiger partial charge < -0.3 is 14.4 Å². The molecule has 0 spiro atoms. The second-order valence-electron chi connectivity index (χ2n) is 6.36. The third-order valence-electron chi connectivity index (χ3n) is 3.48. The van der Waals surface area contributed by atoms with Crippen molar-refractivity contribution in [3.63, 3.8) is 0 Å². The average molecular weight is 320 g/mol. The molecular formula is C16H20N2O3S. The Balaban J connectivity index is 1.79. The molecule has 3 rings (SSSR count). The van der Waals surface area contributed by atoms with Crippen LogP contribution >= 0.6 is 11.3 Å². The third-order valence-corrected chi connectivity index (χ3v) is 4.57. The summed E-state index contributed by atoms with van der Waals surface area (Å²) in [5.74, 6) is 0.111. The van der Waals surface area contributed by atoms with E-state index in [1.54, 1.807) is 17.4 Å². The van der Waals surface area contributed by atoms with Gasteiger partial charge in [0.1, 0.15) is 0 Å². The van der Waals surface area contributed by atoms with Crippen molar-refractivity contribution in [1.29, 1.82) is 0 Å². The number of morpholine rings is 1. The maximum Gasteiger partial charge on any atom is 0.363 e. The van der Waals surface area contributed by atoms with Crippen molar-refractivity contribution in [2.75, 3.05) is 31.2 Å².